The molecule has 0 aliphatic heterocycles. The molecule has 0 aliphatic carbocycles. The van der Waals surface area contributed by atoms with Gasteiger partial charge in [0.15, 0.2) is 0 Å². The highest BCUT2D eigenvalue weighted by Gasteiger charge is 2.08. The fourth-order valence-corrected chi connectivity index (χ4v) is 2.39. The number of hydrogen-bond acceptors (Lipinski definition) is 2. The Morgan fingerprint density at radius 3 is 2.17 bits per heavy atom. The Bertz CT molecular complexity index is 370. The maximum absolute atomic E-state index is 5.57. The summed E-state index contributed by atoms with van der Waals surface area (Å²) in [6, 6.07) is 2.28. The van der Waals surface area contributed by atoms with Crippen LogP contribution < -0.4 is 11.1 Å². The van der Waals surface area contributed by atoms with Gasteiger partial charge in [-0.3, -0.25) is 0 Å². The minimum atomic E-state index is 0.654. The van der Waals surface area contributed by atoms with Crippen LogP contribution in [-0.2, 0) is 6.54 Å². The number of nitrogens with one attached hydrogen (secondary N) is 1. The second kappa shape index (κ2) is 6.91. The van der Waals surface area contributed by atoms with Gasteiger partial charge in [0, 0.05) is 6.54 Å². The van der Waals surface area contributed by atoms with E-state index in [1.165, 1.54) is 27.8 Å². The smallest absolute Gasteiger partial charge is 0.0211 e. The molecule has 3 N–H and O–H groups in total. The number of aryl methyl sites for hydroxylation is 2. The molecule has 0 saturated carbocycles. The van der Waals surface area contributed by atoms with Gasteiger partial charge in [-0.2, -0.15) is 0 Å². The van der Waals surface area contributed by atoms with Gasteiger partial charge in [-0.25, -0.2) is 0 Å². The van der Waals surface area contributed by atoms with Crippen LogP contribution in [-0.4, -0.2) is 13.1 Å². The normalized spacial score (nSPS) is 12.8. The summed E-state index contributed by atoms with van der Waals surface area (Å²) in [5.74, 6) is 0.654. The van der Waals surface area contributed by atoms with Gasteiger partial charge in [0.25, 0.3) is 0 Å². The van der Waals surface area contributed by atoms with Crippen LogP contribution in [0.3, 0.4) is 0 Å². The average Bonchev–Trinajstić information content (AvgIpc) is 2.31. The molecule has 18 heavy (non-hydrogen) atoms. The first-order valence-electron chi connectivity index (χ1n) is 6.94. The summed E-state index contributed by atoms with van der Waals surface area (Å²) in [6.45, 7) is 13.9. The van der Waals surface area contributed by atoms with E-state index in [9.17, 15) is 0 Å². The Morgan fingerprint density at radius 2 is 1.67 bits per heavy atom. The van der Waals surface area contributed by atoms with Gasteiger partial charge >= 0.3 is 0 Å². The van der Waals surface area contributed by atoms with E-state index in [0.717, 1.165) is 26.1 Å². The molecule has 1 atom stereocenters. The number of benzene rings is 1. The quantitative estimate of drug-likeness (QED) is 0.812. The van der Waals surface area contributed by atoms with Crippen molar-refractivity contribution in [2.24, 2.45) is 11.7 Å². The van der Waals surface area contributed by atoms with Gasteiger partial charge in [0.05, 0.1) is 0 Å². The van der Waals surface area contributed by atoms with Crippen molar-refractivity contribution in [3.05, 3.63) is 33.9 Å². The molecule has 1 aromatic rings. The van der Waals surface area contributed by atoms with Crippen LogP contribution in [0.5, 0.6) is 0 Å². The van der Waals surface area contributed by atoms with Crippen molar-refractivity contribution in [2.75, 3.05) is 13.1 Å². The molecule has 0 radical (unpaired) electrons. The van der Waals surface area contributed by atoms with Crippen molar-refractivity contribution in [1.29, 1.82) is 0 Å². The van der Waals surface area contributed by atoms with E-state index in [-0.39, 0.29) is 0 Å². The lowest BCUT2D eigenvalue weighted by Crippen LogP contribution is -2.23. The van der Waals surface area contributed by atoms with E-state index >= 15 is 0 Å². The standard InChI is InChI=1S/C16H28N2/c1-11(6-7-17)9-18-10-16-14(4)12(2)8-13(3)15(16)5/h8,11,18H,6-7,9-10,17H2,1-5H3. The molecule has 102 valence electrons. The van der Waals surface area contributed by atoms with Gasteiger partial charge in [-0.15, -0.1) is 0 Å². The molecule has 0 heterocycles. The van der Waals surface area contributed by atoms with Gasteiger partial charge in [0.1, 0.15) is 0 Å². The van der Waals surface area contributed by atoms with E-state index in [1.807, 2.05) is 0 Å². The summed E-state index contributed by atoms with van der Waals surface area (Å²) < 4.78 is 0. The molecule has 0 fully saturated rings. The Morgan fingerprint density at radius 1 is 1.11 bits per heavy atom. The molecule has 0 spiro atoms. The lowest BCUT2D eigenvalue weighted by Gasteiger charge is -2.17. The molecule has 2 heteroatoms. The largest absolute Gasteiger partial charge is 0.330 e. The summed E-state index contributed by atoms with van der Waals surface area (Å²) in [5, 5.41) is 3.57. The molecule has 0 bridgehead atoms. The molecular formula is C16H28N2. The van der Waals surface area contributed by atoms with Crippen LogP contribution in [0.2, 0.25) is 0 Å². The van der Waals surface area contributed by atoms with Crippen molar-refractivity contribution in [3.63, 3.8) is 0 Å². The second-order valence-electron chi connectivity index (χ2n) is 5.55. The van der Waals surface area contributed by atoms with Crippen LogP contribution in [0.15, 0.2) is 6.07 Å². The predicted molar refractivity (Wildman–Crippen MR) is 79.9 cm³/mol. The molecule has 0 amide bonds. The third-order valence-corrected chi connectivity index (χ3v) is 3.98. The Hall–Kier alpha value is -0.860. The zero-order valence-electron chi connectivity index (χ0n) is 12.6. The first-order chi connectivity index (χ1) is 8.47. The Labute approximate surface area is 112 Å². The summed E-state index contributed by atoms with van der Waals surface area (Å²) in [5.41, 5.74) is 12.7. The summed E-state index contributed by atoms with van der Waals surface area (Å²) in [4.78, 5) is 0. The van der Waals surface area contributed by atoms with Gasteiger partial charge in [-0.1, -0.05) is 13.0 Å². The fourth-order valence-electron chi connectivity index (χ4n) is 2.39. The Kier molecular flexibility index (Phi) is 5.83. The summed E-state index contributed by atoms with van der Waals surface area (Å²) in [7, 11) is 0. The third kappa shape index (κ3) is 3.82. The van der Waals surface area contributed by atoms with Crippen molar-refractivity contribution in [3.8, 4) is 0 Å². The first-order valence-corrected chi connectivity index (χ1v) is 6.94. The second-order valence-corrected chi connectivity index (χ2v) is 5.55. The van der Waals surface area contributed by atoms with E-state index in [0.29, 0.717) is 5.92 Å². The van der Waals surface area contributed by atoms with Crippen LogP contribution in [0.4, 0.5) is 0 Å². The predicted octanol–water partition coefficient (Wildman–Crippen LogP) is 2.99. The SMILES string of the molecule is Cc1cc(C)c(C)c(CNCC(C)CCN)c1C. The van der Waals surface area contributed by atoms with Crippen LogP contribution in [0, 0.1) is 33.6 Å². The topological polar surface area (TPSA) is 38.0 Å². The molecule has 0 aromatic heterocycles. The first kappa shape index (κ1) is 15.2. The molecule has 1 rings (SSSR count). The van der Waals surface area contributed by atoms with Crippen molar-refractivity contribution >= 4 is 0 Å². The zero-order valence-corrected chi connectivity index (χ0v) is 12.6. The van der Waals surface area contributed by atoms with Gasteiger partial charge < -0.3 is 11.1 Å². The fraction of sp³-hybridized carbons (Fsp3) is 0.625. The number of nitrogens with two attached hydrogens (primary N) is 1. The molecule has 1 unspecified atom stereocenters. The highest BCUT2D eigenvalue weighted by atomic mass is 14.9. The Balaban J connectivity index is 2.67. The van der Waals surface area contributed by atoms with Crippen molar-refractivity contribution in [1.82, 2.24) is 5.32 Å². The third-order valence-electron chi connectivity index (χ3n) is 3.98. The van der Waals surface area contributed by atoms with Crippen LogP contribution in [0.25, 0.3) is 0 Å². The van der Waals surface area contributed by atoms with E-state index in [4.69, 9.17) is 5.73 Å². The molecular weight excluding hydrogens is 220 g/mol. The molecule has 0 saturated heterocycles. The van der Waals surface area contributed by atoms with E-state index in [1.54, 1.807) is 0 Å². The highest BCUT2D eigenvalue weighted by Crippen LogP contribution is 2.21. The zero-order chi connectivity index (χ0) is 13.7. The average molecular weight is 248 g/mol. The maximum Gasteiger partial charge on any atom is 0.0211 e. The van der Waals surface area contributed by atoms with Crippen molar-refractivity contribution in [2.45, 2.75) is 47.6 Å². The van der Waals surface area contributed by atoms with Gasteiger partial charge in [0.2, 0.25) is 0 Å². The maximum atomic E-state index is 5.57. The summed E-state index contributed by atoms with van der Waals surface area (Å²) >= 11 is 0. The minimum absolute atomic E-state index is 0.654. The lowest BCUT2D eigenvalue weighted by atomic mass is 9.94. The highest BCUT2D eigenvalue weighted by molar-refractivity contribution is 5.43. The van der Waals surface area contributed by atoms with Crippen molar-refractivity contribution < 1.29 is 0 Å². The van der Waals surface area contributed by atoms with E-state index in [2.05, 4.69) is 46.0 Å². The van der Waals surface area contributed by atoms with Crippen LogP contribution in [0.1, 0.15) is 41.2 Å². The van der Waals surface area contributed by atoms with Gasteiger partial charge in [-0.05, 0) is 80.9 Å². The lowest BCUT2D eigenvalue weighted by molar-refractivity contribution is 0.486. The molecule has 0 aliphatic rings. The number of rotatable bonds is 6. The monoisotopic (exact) mass is 248 g/mol. The molecule has 2 nitrogen and oxygen atoms in total. The van der Waals surface area contributed by atoms with E-state index < -0.39 is 0 Å². The minimum Gasteiger partial charge on any atom is -0.330 e. The number of hydrogen-bond donors (Lipinski definition) is 2. The van der Waals surface area contributed by atoms with Crippen LogP contribution >= 0.6 is 0 Å². The molecule has 1 aromatic carbocycles. The summed E-state index contributed by atoms with van der Waals surface area (Å²) in [6.07, 6.45) is 1.10.